The molecule has 1 heterocycles. The molecule has 0 spiro atoms. The quantitative estimate of drug-likeness (QED) is 0.773. The highest BCUT2D eigenvalue weighted by Crippen LogP contribution is 2.48. The summed E-state index contributed by atoms with van der Waals surface area (Å²) >= 11 is 0. The van der Waals surface area contributed by atoms with Gasteiger partial charge in [0.25, 0.3) is 0 Å². The first-order valence-electron chi connectivity index (χ1n) is 7.24. The van der Waals surface area contributed by atoms with Gasteiger partial charge in [-0.3, -0.25) is 0 Å². The van der Waals surface area contributed by atoms with Gasteiger partial charge in [0, 0.05) is 19.3 Å². The molecule has 0 aromatic rings. The maximum absolute atomic E-state index is 5.51. The largest absolute Gasteiger partial charge is 0.381 e. The van der Waals surface area contributed by atoms with Gasteiger partial charge in [0.2, 0.25) is 0 Å². The number of ether oxygens (including phenoxy) is 1. The molecule has 16 heavy (non-hydrogen) atoms. The van der Waals surface area contributed by atoms with E-state index in [0.717, 1.165) is 37.0 Å². The molecule has 2 heteroatoms. The summed E-state index contributed by atoms with van der Waals surface area (Å²) in [7, 11) is 0. The Hall–Kier alpha value is -0.0800. The van der Waals surface area contributed by atoms with Crippen molar-refractivity contribution in [3.63, 3.8) is 0 Å². The highest BCUT2D eigenvalue weighted by Gasteiger charge is 2.41. The van der Waals surface area contributed by atoms with Gasteiger partial charge < -0.3 is 10.1 Å². The summed E-state index contributed by atoms with van der Waals surface area (Å²) in [6.45, 7) is 3.24. The molecule has 3 aliphatic rings. The van der Waals surface area contributed by atoms with Gasteiger partial charge in [0.15, 0.2) is 0 Å². The van der Waals surface area contributed by atoms with Gasteiger partial charge in [-0.25, -0.2) is 0 Å². The fourth-order valence-corrected chi connectivity index (χ4v) is 3.18. The van der Waals surface area contributed by atoms with Crippen LogP contribution in [-0.2, 0) is 4.74 Å². The number of rotatable bonds is 5. The van der Waals surface area contributed by atoms with E-state index in [1.54, 1.807) is 0 Å². The van der Waals surface area contributed by atoms with Crippen LogP contribution in [0, 0.1) is 17.8 Å². The Morgan fingerprint density at radius 1 is 0.938 bits per heavy atom. The topological polar surface area (TPSA) is 21.3 Å². The zero-order valence-electron chi connectivity index (χ0n) is 10.3. The molecule has 1 N–H and O–H groups in total. The highest BCUT2D eigenvalue weighted by atomic mass is 16.5. The summed E-state index contributed by atoms with van der Waals surface area (Å²) in [5, 5.41) is 3.82. The molecule has 0 bridgehead atoms. The lowest BCUT2D eigenvalue weighted by atomic mass is 9.97. The number of hydrogen-bond acceptors (Lipinski definition) is 2. The second-order valence-corrected chi connectivity index (χ2v) is 5.99. The van der Waals surface area contributed by atoms with Gasteiger partial charge in [-0.15, -0.1) is 0 Å². The van der Waals surface area contributed by atoms with Crippen LogP contribution < -0.4 is 5.32 Å². The van der Waals surface area contributed by atoms with E-state index in [1.165, 1.54) is 51.5 Å². The van der Waals surface area contributed by atoms with E-state index in [4.69, 9.17) is 4.74 Å². The molecule has 0 aromatic heterocycles. The van der Waals surface area contributed by atoms with Gasteiger partial charge in [0.05, 0.1) is 0 Å². The number of nitrogens with one attached hydrogen (secondary N) is 1. The third-order valence-corrected chi connectivity index (χ3v) is 4.55. The van der Waals surface area contributed by atoms with Gasteiger partial charge in [-0.05, 0) is 69.2 Å². The molecule has 3 rings (SSSR count). The van der Waals surface area contributed by atoms with Gasteiger partial charge >= 0.3 is 0 Å². The first-order chi connectivity index (χ1) is 7.93. The fraction of sp³-hybridized carbons (Fsp3) is 1.00. The lowest BCUT2D eigenvalue weighted by Crippen LogP contribution is -2.35. The average molecular weight is 223 g/mol. The third-order valence-electron chi connectivity index (χ3n) is 4.55. The monoisotopic (exact) mass is 223 g/mol. The molecule has 2 nitrogen and oxygen atoms in total. The van der Waals surface area contributed by atoms with Crippen molar-refractivity contribution in [2.75, 3.05) is 19.8 Å². The highest BCUT2D eigenvalue weighted by molar-refractivity contribution is 4.93. The maximum atomic E-state index is 5.51. The molecule has 1 saturated heterocycles. The Kier molecular flexibility index (Phi) is 3.49. The zero-order valence-corrected chi connectivity index (χ0v) is 10.3. The minimum Gasteiger partial charge on any atom is -0.381 e. The van der Waals surface area contributed by atoms with E-state index in [9.17, 15) is 0 Å². The van der Waals surface area contributed by atoms with E-state index < -0.39 is 0 Å². The molecule has 1 aliphatic heterocycles. The smallest absolute Gasteiger partial charge is 0.0480 e. The fourth-order valence-electron chi connectivity index (χ4n) is 3.18. The molecule has 0 radical (unpaired) electrons. The predicted molar refractivity (Wildman–Crippen MR) is 65.4 cm³/mol. The Balaban J connectivity index is 1.42. The van der Waals surface area contributed by atoms with Crippen LogP contribution in [0.1, 0.15) is 44.9 Å². The average Bonchev–Trinajstić information content (AvgIpc) is 3.17. The predicted octanol–water partition coefficient (Wildman–Crippen LogP) is 2.58. The van der Waals surface area contributed by atoms with Crippen molar-refractivity contribution in [3.8, 4) is 0 Å². The lowest BCUT2D eigenvalue weighted by molar-refractivity contribution is 0.142. The Morgan fingerprint density at radius 3 is 2.38 bits per heavy atom. The van der Waals surface area contributed by atoms with E-state index in [2.05, 4.69) is 5.32 Å². The van der Waals surface area contributed by atoms with Crippen LogP contribution in [0.4, 0.5) is 0 Å². The summed E-state index contributed by atoms with van der Waals surface area (Å²) in [5.41, 5.74) is 0. The van der Waals surface area contributed by atoms with Crippen LogP contribution in [0.5, 0.6) is 0 Å². The molecule has 0 aromatic carbocycles. The van der Waals surface area contributed by atoms with Crippen molar-refractivity contribution in [2.24, 2.45) is 17.8 Å². The SMILES string of the molecule is C1COCCC(NCC(C2CC2)C2CC2)C1. The van der Waals surface area contributed by atoms with Crippen LogP contribution in [0.2, 0.25) is 0 Å². The molecular formula is C14H25NO. The van der Waals surface area contributed by atoms with Crippen molar-refractivity contribution >= 4 is 0 Å². The molecule has 0 amide bonds. The van der Waals surface area contributed by atoms with Crippen molar-refractivity contribution < 1.29 is 4.74 Å². The van der Waals surface area contributed by atoms with Crippen LogP contribution in [-0.4, -0.2) is 25.8 Å². The first kappa shape index (κ1) is 11.0. The second kappa shape index (κ2) is 5.05. The zero-order chi connectivity index (χ0) is 10.8. The molecule has 2 saturated carbocycles. The molecule has 1 unspecified atom stereocenters. The van der Waals surface area contributed by atoms with Crippen LogP contribution in [0.3, 0.4) is 0 Å². The van der Waals surface area contributed by atoms with Crippen LogP contribution in [0.25, 0.3) is 0 Å². The van der Waals surface area contributed by atoms with E-state index >= 15 is 0 Å². The van der Waals surface area contributed by atoms with Crippen LogP contribution in [0.15, 0.2) is 0 Å². The van der Waals surface area contributed by atoms with E-state index in [-0.39, 0.29) is 0 Å². The molecule has 92 valence electrons. The van der Waals surface area contributed by atoms with Crippen molar-refractivity contribution in [3.05, 3.63) is 0 Å². The van der Waals surface area contributed by atoms with Gasteiger partial charge in [0.1, 0.15) is 0 Å². The Bertz CT molecular complexity index is 203. The van der Waals surface area contributed by atoms with Crippen molar-refractivity contribution in [1.29, 1.82) is 0 Å². The second-order valence-electron chi connectivity index (χ2n) is 5.99. The lowest BCUT2D eigenvalue weighted by Gasteiger charge is -2.21. The normalized spacial score (nSPS) is 31.7. The van der Waals surface area contributed by atoms with Crippen molar-refractivity contribution in [2.45, 2.75) is 51.0 Å². The minimum atomic E-state index is 0.738. The summed E-state index contributed by atoms with van der Waals surface area (Å²) in [6.07, 6.45) is 9.83. The maximum Gasteiger partial charge on any atom is 0.0480 e. The van der Waals surface area contributed by atoms with Gasteiger partial charge in [-0.2, -0.15) is 0 Å². The summed E-state index contributed by atoms with van der Waals surface area (Å²) < 4.78 is 5.51. The van der Waals surface area contributed by atoms with E-state index in [0.29, 0.717) is 0 Å². The minimum absolute atomic E-state index is 0.738. The third kappa shape index (κ3) is 2.98. The molecular weight excluding hydrogens is 198 g/mol. The Labute approximate surface area is 99.1 Å². The molecule has 1 atom stereocenters. The van der Waals surface area contributed by atoms with Gasteiger partial charge in [-0.1, -0.05) is 0 Å². The Morgan fingerprint density at radius 2 is 1.69 bits per heavy atom. The summed E-state index contributed by atoms with van der Waals surface area (Å²) in [4.78, 5) is 0. The first-order valence-corrected chi connectivity index (χ1v) is 7.24. The van der Waals surface area contributed by atoms with Crippen molar-refractivity contribution in [1.82, 2.24) is 5.32 Å². The standard InChI is InChI=1S/C14H25NO/c1-2-13(7-9-16-8-1)15-10-14(11-3-4-11)12-5-6-12/h11-15H,1-10H2. The molecule has 2 aliphatic carbocycles. The number of hydrogen-bond donors (Lipinski definition) is 1. The van der Waals surface area contributed by atoms with Crippen LogP contribution >= 0.6 is 0 Å². The van der Waals surface area contributed by atoms with E-state index in [1.807, 2.05) is 0 Å². The molecule has 3 fully saturated rings. The summed E-state index contributed by atoms with van der Waals surface area (Å²) in [5.74, 6) is 3.19. The summed E-state index contributed by atoms with van der Waals surface area (Å²) in [6, 6.07) is 0.738.